The van der Waals surface area contributed by atoms with Gasteiger partial charge in [-0.1, -0.05) is 17.7 Å². The molecule has 124 valence electrons. The minimum absolute atomic E-state index is 0.0465. The molecule has 2 rings (SSSR count). The zero-order chi connectivity index (χ0) is 17.5. The Hall–Kier alpha value is -2.80. The van der Waals surface area contributed by atoms with E-state index in [1.165, 1.54) is 24.5 Å². The van der Waals surface area contributed by atoms with Crippen molar-refractivity contribution in [1.82, 2.24) is 15.3 Å². The summed E-state index contributed by atoms with van der Waals surface area (Å²) >= 11 is 5.75. The number of aromatic nitrogens is 2. The molecule has 0 fully saturated rings. The lowest BCUT2D eigenvalue weighted by Gasteiger charge is -2.07. The van der Waals surface area contributed by atoms with Crippen LogP contribution in [0, 0.1) is 5.82 Å². The number of nitrogens with zero attached hydrogens (tertiary/aromatic N) is 2. The van der Waals surface area contributed by atoms with Gasteiger partial charge in [0.25, 0.3) is 5.91 Å². The monoisotopic (exact) mass is 348 g/mol. The molecule has 1 amide bonds. The molecule has 1 heterocycles. The Balaban J connectivity index is 2.13. The van der Waals surface area contributed by atoms with Crippen LogP contribution in [-0.2, 0) is 16.0 Å². The van der Waals surface area contributed by atoms with Crippen molar-refractivity contribution in [2.45, 2.75) is 6.42 Å². The summed E-state index contributed by atoms with van der Waals surface area (Å²) in [5.41, 5.74) is 7.05. The summed E-state index contributed by atoms with van der Waals surface area (Å²) in [4.78, 5) is 30.3. The van der Waals surface area contributed by atoms with E-state index in [0.717, 1.165) is 17.3 Å². The molecule has 0 saturated heterocycles. The lowest BCUT2D eigenvalue weighted by Crippen LogP contribution is -2.27. The number of halogens is 2. The summed E-state index contributed by atoms with van der Waals surface area (Å²) < 4.78 is 13.1. The van der Waals surface area contributed by atoms with Crippen molar-refractivity contribution in [2.75, 3.05) is 6.54 Å². The van der Waals surface area contributed by atoms with Crippen LogP contribution in [0.2, 0.25) is 5.02 Å². The van der Waals surface area contributed by atoms with Crippen molar-refractivity contribution in [1.29, 1.82) is 0 Å². The summed E-state index contributed by atoms with van der Waals surface area (Å²) in [6.45, 7) is -0.125. The van der Waals surface area contributed by atoms with Crippen LogP contribution in [0.25, 0.3) is 5.57 Å². The molecule has 8 heteroatoms. The number of hydrogen-bond donors (Lipinski definition) is 2. The van der Waals surface area contributed by atoms with Gasteiger partial charge in [0, 0.05) is 25.0 Å². The van der Waals surface area contributed by atoms with Gasteiger partial charge in [-0.05, 0) is 23.3 Å². The van der Waals surface area contributed by atoms with Gasteiger partial charge >= 0.3 is 0 Å². The lowest BCUT2D eigenvalue weighted by atomic mass is 10.1. The van der Waals surface area contributed by atoms with Gasteiger partial charge in [-0.2, -0.15) is 0 Å². The highest BCUT2D eigenvalue weighted by atomic mass is 35.5. The molecule has 0 aliphatic heterocycles. The molecule has 0 bridgehead atoms. The van der Waals surface area contributed by atoms with Crippen LogP contribution in [0.1, 0.15) is 17.0 Å². The number of benzene rings is 1. The van der Waals surface area contributed by atoms with Gasteiger partial charge < -0.3 is 15.8 Å². The first-order valence-corrected chi connectivity index (χ1v) is 7.32. The third-order valence-electron chi connectivity index (χ3n) is 3.10. The van der Waals surface area contributed by atoms with Crippen LogP contribution in [-0.4, -0.2) is 28.7 Å². The van der Waals surface area contributed by atoms with Crippen molar-refractivity contribution < 1.29 is 14.0 Å². The number of carbonyl (C=O) groups is 2. The van der Waals surface area contributed by atoms with Crippen LogP contribution in [0.5, 0.6) is 0 Å². The maximum atomic E-state index is 13.1. The quantitative estimate of drug-likeness (QED) is 0.608. The minimum Gasteiger partial charge on any atom is -0.404 e. The van der Waals surface area contributed by atoms with Crippen LogP contribution in [0.4, 0.5) is 4.39 Å². The van der Waals surface area contributed by atoms with E-state index in [-0.39, 0.29) is 23.0 Å². The first-order valence-electron chi connectivity index (χ1n) is 6.94. The molecule has 24 heavy (non-hydrogen) atoms. The van der Waals surface area contributed by atoms with Gasteiger partial charge in [0.1, 0.15) is 12.1 Å². The zero-order valence-corrected chi connectivity index (χ0v) is 13.3. The lowest BCUT2D eigenvalue weighted by molar-refractivity contribution is -0.117. The number of carbonyl (C=O) groups excluding carboxylic acids is 2. The van der Waals surface area contributed by atoms with E-state index in [0.29, 0.717) is 12.7 Å². The molecule has 1 aromatic heterocycles. The van der Waals surface area contributed by atoms with Gasteiger partial charge in [0.2, 0.25) is 0 Å². The Kier molecular flexibility index (Phi) is 5.97. The minimum atomic E-state index is -0.539. The fourth-order valence-corrected chi connectivity index (χ4v) is 2.15. The van der Waals surface area contributed by atoms with E-state index in [9.17, 15) is 14.0 Å². The summed E-state index contributed by atoms with van der Waals surface area (Å²) in [5, 5.41) is 2.41. The number of amides is 1. The zero-order valence-electron chi connectivity index (χ0n) is 12.5. The van der Waals surface area contributed by atoms with E-state index in [1.54, 1.807) is 6.07 Å². The second kappa shape index (κ2) is 8.16. The first-order chi connectivity index (χ1) is 11.5. The maximum Gasteiger partial charge on any atom is 0.256 e. The molecule has 6 nitrogen and oxygen atoms in total. The summed E-state index contributed by atoms with van der Waals surface area (Å²) in [6, 6.07) is 4.44. The summed E-state index contributed by atoms with van der Waals surface area (Å²) in [6.07, 6.45) is 5.17. The highest BCUT2D eigenvalue weighted by Crippen LogP contribution is 2.18. The van der Waals surface area contributed by atoms with Crippen LogP contribution in [0.3, 0.4) is 0 Å². The highest BCUT2D eigenvalue weighted by Gasteiger charge is 2.14. The molecule has 0 aliphatic rings. The van der Waals surface area contributed by atoms with Crippen molar-refractivity contribution >= 4 is 29.4 Å². The van der Waals surface area contributed by atoms with Crippen LogP contribution in [0.15, 0.2) is 36.8 Å². The van der Waals surface area contributed by atoms with Crippen LogP contribution < -0.4 is 11.1 Å². The Morgan fingerprint density at radius 3 is 2.58 bits per heavy atom. The number of hydrogen-bond acceptors (Lipinski definition) is 5. The van der Waals surface area contributed by atoms with E-state index in [1.807, 2.05) is 0 Å². The van der Waals surface area contributed by atoms with E-state index < -0.39 is 11.7 Å². The highest BCUT2D eigenvalue weighted by molar-refractivity contribution is 6.30. The molecule has 2 aromatic rings. The van der Waals surface area contributed by atoms with Crippen molar-refractivity contribution in [3.63, 3.8) is 0 Å². The van der Waals surface area contributed by atoms with Gasteiger partial charge in [-0.15, -0.1) is 0 Å². The molecule has 0 spiro atoms. The van der Waals surface area contributed by atoms with Crippen molar-refractivity contribution in [3.8, 4) is 0 Å². The predicted molar refractivity (Wildman–Crippen MR) is 87.5 cm³/mol. The maximum absolute atomic E-state index is 13.1. The average molecular weight is 349 g/mol. The largest absolute Gasteiger partial charge is 0.404 e. The standard InChI is InChI=1S/C16H14ClFN4O2/c17-13-6-10(1-2-14(13)18)5-11-8-21-15(22-9-11)12(7-19)16(24)20-3-4-23/h1-2,4,6-9H,3,5,19H2,(H,20,24)/b12-7+. The molecule has 1 aromatic carbocycles. The van der Waals surface area contributed by atoms with Gasteiger partial charge in [0.05, 0.1) is 17.1 Å². The molecular formula is C16H14ClFN4O2. The first kappa shape index (κ1) is 17.6. The molecule has 0 unspecified atom stereocenters. The fraction of sp³-hybridized carbons (Fsp3) is 0.125. The molecule has 3 N–H and O–H groups in total. The SMILES string of the molecule is N/C=C(/C(=O)NCC=O)c1ncc(Cc2ccc(F)c(Cl)c2)cn1. The molecule has 0 atom stereocenters. The third-order valence-corrected chi connectivity index (χ3v) is 3.39. The van der Waals surface area contributed by atoms with Gasteiger partial charge in [0.15, 0.2) is 5.82 Å². The van der Waals surface area contributed by atoms with Gasteiger partial charge in [-0.25, -0.2) is 14.4 Å². The van der Waals surface area contributed by atoms with Crippen molar-refractivity contribution in [3.05, 3.63) is 64.6 Å². The molecule has 0 radical (unpaired) electrons. The smallest absolute Gasteiger partial charge is 0.256 e. The van der Waals surface area contributed by atoms with Crippen LogP contribution >= 0.6 is 11.6 Å². The van der Waals surface area contributed by atoms with Gasteiger partial charge in [-0.3, -0.25) is 4.79 Å². The molecule has 0 saturated carbocycles. The Morgan fingerprint density at radius 2 is 2.00 bits per heavy atom. The third kappa shape index (κ3) is 4.36. The Morgan fingerprint density at radius 1 is 1.29 bits per heavy atom. The average Bonchev–Trinajstić information content (AvgIpc) is 2.58. The number of aldehydes is 1. The molecular weight excluding hydrogens is 335 g/mol. The number of rotatable bonds is 6. The second-order valence-electron chi connectivity index (χ2n) is 4.80. The van der Waals surface area contributed by atoms with Crippen molar-refractivity contribution in [2.24, 2.45) is 5.73 Å². The second-order valence-corrected chi connectivity index (χ2v) is 5.20. The topological polar surface area (TPSA) is 98.0 Å². The van der Waals surface area contributed by atoms with E-state index in [4.69, 9.17) is 17.3 Å². The Bertz CT molecular complexity index is 778. The Labute approximate surface area is 142 Å². The molecule has 0 aliphatic carbocycles. The summed E-state index contributed by atoms with van der Waals surface area (Å²) in [7, 11) is 0. The number of nitrogens with one attached hydrogen (secondary N) is 1. The van der Waals surface area contributed by atoms with E-state index >= 15 is 0 Å². The van der Waals surface area contributed by atoms with E-state index in [2.05, 4.69) is 15.3 Å². The fourth-order valence-electron chi connectivity index (χ4n) is 1.95. The normalized spacial score (nSPS) is 11.2. The predicted octanol–water partition coefficient (Wildman–Crippen LogP) is 1.47. The summed E-state index contributed by atoms with van der Waals surface area (Å²) in [5.74, 6) is -0.879. The number of nitrogens with two attached hydrogens (primary N) is 1.